The second-order valence-corrected chi connectivity index (χ2v) is 5.93. The minimum absolute atomic E-state index is 0.0167. The highest BCUT2D eigenvalue weighted by atomic mass is 35.5. The van der Waals surface area contributed by atoms with E-state index in [1.807, 2.05) is 0 Å². The fourth-order valence-electron chi connectivity index (χ4n) is 2.41. The molecule has 0 saturated carbocycles. The van der Waals surface area contributed by atoms with Crippen LogP contribution in [0.2, 0.25) is 5.02 Å². The molecule has 0 aliphatic carbocycles. The number of alkyl halides is 3. The third-order valence-corrected chi connectivity index (χ3v) is 3.96. The SMILES string of the molecule is Oc1ccc(-c2noc(-c3cn4cc(C(F)(F)F)cc(Cl)c4n3)n2)cc1F. The normalized spacial score (nSPS) is 12.0. The van der Waals surface area contributed by atoms with Crippen molar-refractivity contribution in [2.45, 2.75) is 6.18 Å². The van der Waals surface area contributed by atoms with Gasteiger partial charge in [-0.25, -0.2) is 9.37 Å². The number of halogens is 5. The van der Waals surface area contributed by atoms with Gasteiger partial charge in [0.15, 0.2) is 17.2 Å². The Bertz CT molecular complexity index is 1170. The Morgan fingerprint density at radius 2 is 1.89 bits per heavy atom. The van der Waals surface area contributed by atoms with Gasteiger partial charge in [0.2, 0.25) is 5.82 Å². The number of aromatic nitrogens is 4. The molecule has 0 aliphatic rings. The zero-order valence-corrected chi connectivity index (χ0v) is 13.8. The summed E-state index contributed by atoms with van der Waals surface area (Å²) in [5.41, 5.74) is -0.527. The number of phenols is 1. The summed E-state index contributed by atoms with van der Waals surface area (Å²) in [5, 5.41) is 12.7. The van der Waals surface area contributed by atoms with Crippen LogP contribution in [0.3, 0.4) is 0 Å². The highest BCUT2D eigenvalue weighted by molar-refractivity contribution is 6.33. The molecule has 4 aromatic rings. The van der Waals surface area contributed by atoms with E-state index in [0.717, 1.165) is 28.8 Å². The molecule has 1 aromatic carbocycles. The smallest absolute Gasteiger partial charge is 0.417 e. The third-order valence-electron chi connectivity index (χ3n) is 3.68. The van der Waals surface area contributed by atoms with E-state index in [1.54, 1.807) is 0 Å². The van der Waals surface area contributed by atoms with Crippen LogP contribution in [0.5, 0.6) is 5.75 Å². The van der Waals surface area contributed by atoms with E-state index in [0.29, 0.717) is 0 Å². The summed E-state index contributed by atoms with van der Waals surface area (Å²) in [6.07, 6.45) is -2.47. The van der Waals surface area contributed by atoms with Crippen LogP contribution in [-0.4, -0.2) is 24.6 Å². The Hall–Kier alpha value is -3.14. The highest BCUT2D eigenvalue weighted by Crippen LogP contribution is 2.33. The van der Waals surface area contributed by atoms with E-state index in [-0.39, 0.29) is 33.6 Å². The first-order valence-corrected chi connectivity index (χ1v) is 7.68. The molecule has 6 nitrogen and oxygen atoms in total. The van der Waals surface area contributed by atoms with Crippen molar-refractivity contribution in [3.8, 4) is 28.7 Å². The summed E-state index contributed by atoms with van der Waals surface area (Å²) < 4.78 is 58.3. The summed E-state index contributed by atoms with van der Waals surface area (Å²) in [4.78, 5) is 8.15. The van der Waals surface area contributed by atoms with Gasteiger partial charge in [-0.3, -0.25) is 0 Å². The van der Waals surface area contributed by atoms with Crippen molar-refractivity contribution in [2.24, 2.45) is 0 Å². The van der Waals surface area contributed by atoms with Crippen molar-refractivity contribution in [1.29, 1.82) is 0 Å². The van der Waals surface area contributed by atoms with E-state index < -0.39 is 23.3 Å². The van der Waals surface area contributed by atoms with Crippen molar-refractivity contribution >= 4 is 17.2 Å². The topological polar surface area (TPSA) is 76.5 Å². The first-order valence-electron chi connectivity index (χ1n) is 7.31. The number of rotatable bonds is 2. The van der Waals surface area contributed by atoms with Crippen LogP contribution < -0.4 is 0 Å². The van der Waals surface area contributed by atoms with E-state index >= 15 is 0 Å². The van der Waals surface area contributed by atoms with Crippen molar-refractivity contribution in [3.05, 3.63) is 53.1 Å². The fourth-order valence-corrected chi connectivity index (χ4v) is 2.66. The van der Waals surface area contributed by atoms with Crippen LogP contribution in [0.15, 0.2) is 41.2 Å². The van der Waals surface area contributed by atoms with Gasteiger partial charge in [0.1, 0.15) is 5.69 Å². The number of nitrogens with zero attached hydrogens (tertiary/aromatic N) is 4. The van der Waals surface area contributed by atoms with E-state index in [9.17, 15) is 22.7 Å². The third kappa shape index (κ3) is 3.08. The minimum atomic E-state index is -4.57. The molecular weight excluding hydrogens is 392 g/mol. The fraction of sp³-hybridized carbons (Fsp3) is 0.0625. The molecule has 138 valence electrons. The highest BCUT2D eigenvalue weighted by Gasteiger charge is 2.32. The van der Waals surface area contributed by atoms with Gasteiger partial charge < -0.3 is 14.0 Å². The summed E-state index contributed by atoms with van der Waals surface area (Å²) >= 11 is 5.89. The summed E-state index contributed by atoms with van der Waals surface area (Å²) in [7, 11) is 0. The van der Waals surface area contributed by atoms with Crippen LogP contribution in [0.25, 0.3) is 28.6 Å². The Kier molecular flexibility index (Phi) is 3.81. The van der Waals surface area contributed by atoms with Crippen LogP contribution in [0, 0.1) is 5.82 Å². The molecule has 11 heteroatoms. The summed E-state index contributed by atoms with van der Waals surface area (Å²) in [6.45, 7) is 0. The zero-order chi connectivity index (χ0) is 19.3. The monoisotopic (exact) mass is 398 g/mol. The Morgan fingerprint density at radius 3 is 2.59 bits per heavy atom. The molecule has 4 rings (SSSR count). The zero-order valence-electron chi connectivity index (χ0n) is 13.0. The van der Waals surface area contributed by atoms with Crippen LogP contribution in [-0.2, 0) is 6.18 Å². The standard InChI is InChI=1S/C16H7ClF4N4O2/c17-9-4-8(16(19,20)21)5-25-6-11(22-14(9)25)15-23-13(24-27-15)7-1-2-12(26)10(18)3-7/h1-6,26H. The number of fused-ring (bicyclic) bond motifs is 1. The van der Waals surface area contributed by atoms with Gasteiger partial charge in [-0.1, -0.05) is 16.8 Å². The molecule has 0 saturated heterocycles. The molecule has 0 radical (unpaired) electrons. The lowest BCUT2D eigenvalue weighted by molar-refractivity contribution is -0.137. The molecule has 3 heterocycles. The second-order valence-electron chi connectivity index (χ2n) is 5.52. The van der Waals surface area contributed by atoms with Crippen molar-refractivity contribution < 1.29 is 27.2 Å². The van der Waals surface area contributed by atoms with E-state index in [1.165, 1.54) is 12.3 Å². The number of benzene rings is 1. The molecular formula is C16H7ClF4N4O2. The van der Waals surface area contributed by atoms with Crippen LogP contribution >= 0.6 is 11.6 Å². The average Bonchev–Trinajstić information content (AvgIpc) is 3.23. The Balaban J connectivity index is 1.76. The van der Waals surface area contributed by atoms with Gasteiger partial charge in [-0.2, -0.15) is 18.2 Å². The van der Waals surface area contributed by atoms with Gasteiger partial charge in [0.25, 0.3) is 5.89 Å². The Morgan fingerprint density at radius 1 is 1.11 bits per heavy atom. The van der Waals surface area contributed by atoms with Gasteiger partial charge in [-0.05, 0) is 24.3 Å². The largest absolute Gasteiger partial charge is 0.505 e. The van der Waals surface area contributed by atoms with Crippen LogP contribution in [0.1, 0.15) is 5.56 Å². The predicted molar refractivity (Wildman–Crippen MR) is 85.6 cm³/mol. The molecule has 0 unspecified atom stereocenters. The van der Waals surface area contributed by atoms with Gasteiger partial charge in [-0.15, -0.1) is 0 Å². The lowest BCUT2D eigenvalue weighted by atomic mass is 10.2. The maximum atomic E-state index is 13.5. The quantitative estimate of drug-likeness (QED) is 0.501. The van der Waals surface area contributed by atoms with E-state index in [4.69, 9.17) is 16.1 Å². The van der Waals surface area contributed by atoms with Gasteiger partial charge in [0, 0.05) is 18.0 Å². The first kappa shape index (κ1) is 17.3. The van der Waals surface area contributed by atoms with Gasteiger partial charge >= 0.3 is 6.18 Å². The Labute approximate surface area is 152 Å². The van der Waals surface area contributed by atoms with E-state index in [2.05, 4.69) is 15.1 Å². The molecule has 0 spiro atoms. The lowest BCUT2D eigenvalue weighted by Gasteiger charge is -2.07. The van der Waals surface area contributed by atoms with Crippen LogP contribution in [0.4, 0.5) is 17.6 Å². The second kappa shape index (κ2) is 5.95. The van der Waals surface area contributed by atoms with Gasteiger partial charge in [0.05, 0.1) is 10.6 Å². The minimum Gasteiger partial charge on any atom is -0.505 e. The number of aromatic hydroxyl groups is 1. The molecule has 1 N–H and O–H groups in total. The number of pyridine rings is 1. The molecule has 0 aliphatic heterocycles. The molecule has 0 fully saturated rings. The van der Waals surface area contributed by atoms with Crippen molar-refractivity contribution in [1.82, 2.24) is 19.5 Å². The average molecular weight is 399 g/mol. The number of hydrogen-bond donors (Lipinski definition) is 1. The molecule has 0 amide bonds. The molecule has 27 heavy (non-hydrogen) atoms. The number of imidazole rings is 1. The summed E-state index contributed by atoms with van der Waals surface area (Å²) in [5.74, 6) is -1.47. The maximum absolute atomic E-state index is 13.5. The number of hydrogen-bond acceptors (Lipinski definition) is 5. The molecule has 3 aromatic heterocycles. The summed E-state index contributed by atoms with van der Waals surface area (Å²) in [6, 6.07) is 4.29. The predicted octanol–water partition coefficient (Wildman–Crippen LogP) is 4.57. The lowest BCUT2D eigenvalue weighted by Crippen LogP contribution is -2.06. The number of phenolic OH excluding ortho intramolecular Hbond substituents is 1. The molecule has 0 bridgehead atoms. The van der Waals surface area contributed by atoms with Crippen molar-refractivity contribution in [3.63, 3.8) is 0 Å². The first-order chi connectivity index (χ1) is 12.7. The van der Waals surface area contributed by atoms with Crippen molar-refractivity contribution in [2.75, 3.05) is 0 Å². The maximum Gasteiger partial charge on any atom is 0.417 e. The molecule has 0 atom stereocenters.